The fourth-order valence-electron chi connectivity index (χ4n) is 14.9. The molecule has 21 aromatic heterocycles. The van der Waals surface area contributed by atoms with E-state index in [-0.39, 0.29) is 91.4 Å². The van der Waals surface area contributed by atoms with Gasteiger partial charge in [-0.2, -0.15) is 31.7 Å². The van der Waals surface area contributed by atoms with Crippen LogP contribution in [0.5, 0.6) is 0 Å². The first-order valence-corrected chi connectivity index (χ1v) is 61.3. The number of ether oxygens (including phenoxy) is 3. The number of hydrazine groups is 1. The summed E-state index contributed by atoms with van der Waals surface area (Å²) in [7, 11) is 10.0. The number of H-pyrrole nitrogens is 1. The number of thiazole rings is 8. The van der Waals surface area contributed by atoms with Gasteiger partial charge in [0.2, 0.25) is 14.2 Å². The number of aldehydes is 1. The fraction of sp³-hybridized carbons (Fsp3) is 0.386. The zero-order valence-electron chi connectivity index (χ0n) is 86.3. The first-order chi connectivity index (χ1) is 70.3. The summed E-state index contributed by atoms with van der Waals surface area (Å²) in [5.41, 5.74) is 10.4. The number of aryl methyl sites for hydroxylation is 13. The SMILES string of the molecule is CCC.CCOC(=O)c1c(C=O)c2sc(SC)nc2n1C.CCOC(=O)c1cc2sc(C)nc2n1C.CCOC(=O)c1cc2sc(SC)nc2n1C.CCn1ncc2c3sc(S(C)(=O)=O)nc3n(C)c2c1=O.CCn1ncc2c3sc(S(C)=O)nc3n(C)c2c1=O.CCn1ncc2c3sc(SC)nc3n(C)c2c1=O.CCn1ncc2c3sc(SC)nc3n(C)c2c1=O.CSc1nc2c(s1)c1cn[nH]c(=O)c1n2C.C[S-].NN.O.[Na+]. The molecule has 0 saturated carbocycles. The van der Waals surface area contributed by atoms with Gasteiger partial charge in [0.25, 0.3) is 27.8 Å². The van der Waals surface area contributed by atoms with Crippen molar-refractivity contribution in [3.05, 3.63) is 123 Å². The molecule has 0 amide bonds. The molecular weight excluding hydrogens is 2240 g/mol. The summed E-state index contributed by atoms with van der Waals surface area (Å²) < 4.78 is 82.4. The minimum Gasteiger partial charge on any atom is -0.796 e. The van der Waals surface area contributed by atoms with Gasteiger partial charge in [-0.15, -0.1) is 90.7 Å². The monoisotopic (exact) mass is 2350 g/mol. The maximum absolute atomic E-state index is 12.3. The molecule has 149 heavy (non-hydrogen) atoms. The van der Waals surface area contributed by atoms with E-state index in [1.54, 1.807) is 212 Å². The molecule has 21 heterocycles. The second kappa shape index (κ2) is 54.2. The molecule has 44 nitrogen and oxygen atoms in total. The molecule has 0 bridgehead atoms. The molecule has 21 aromatic rings. The van der Waals surface area contributed by atoms with Crippen LogP contribution in [0, 0.1) is 6.92 Å². The van der Waals surface area contributed by atoms with Gasteiger partial charge >= 0.3 is 47.5 Å². The summed E-state index contributed by atoms with van der Waals surface area (Å²) >= 11 is 23.9. The van der Waals surface area contributed by atoms with Crippen molar-refractivity contribution in [3.63, 3.8) is 0 Å². The van der Waals surface area contributed by atoms with E-state index in [1.165, 1.54) is 59.6 Å². The van der Waals surface area contributed by atoms with E-state index in [9.17, 15) is 55.8 Å². The van der Waals surface area contributed by atoms with Gasteiger partial charge in [0.1, 0.15) is 44.7 Å². The number of carbonyl (C=O) groups excluding carboxylic acids is 4. The van der Waals surface area contributed by atoms with Crippen LogP contribution < -0.4 is 69.0 Å². The molecule has 21 rings (SSSR count). The maximum Gasteiger partial charge on any atom is 1.00 e. The number of sulfone groups is 1. The molecule has 1 atom stereocenters. The maximum atomic E-state index is 12.3. The molecule has 0 spiro atoms. The van der Waals surface area contributed by atoms with Crippen molar-refractivity contribution >= 4 is 344 Å². The Bertz CT molecular complexity index is 8790. The molecule has 1 unspecified atom stereocenters. The number of nitrogens with zero attached hydrogens (tertiary/aromatic N) is 25. The number of nitrogens with two attached hydrogens (primary N) is 2. The number of hydrogen-bond acceptors (Lipinski definition) is 44. The molecule has 7 N–H and O–H groups in total. The Balaban J connectivity index is 0.000000187. The zero-order valence-corrected chi connectivity index (χ0v) is 101. The number of hydrogen-bond donors (Lipinski definition) is 3. The predicted octanol–water partition coefficient (Wildman–Crippen LogP) is 11.2. The molecule has 0 aliphatic carbocycles. The van der Waals surface area contributed by atoms with Gasteiger partial charge in [0.05, 0.1) is 110 Å². The number of esters is 3. The Morgan fingerprint density at radius 2 is 0.732 bits per heavy atom. The van der Waals surface area contributed by atoms with Gasteiger partial charge in [-0.25, -0.2) is 86.5 Å². The minimum absolute atomic E-state index is 0. The molecule has 0 saturated heterocycles. The number of aromatic nitrogens is 26. The summed E-state index contributed by atoms with van der Waals surface area (Å²) in [5, 5.41) is 28.0. The van der Waals surface area contributed by atoms with Gasteiger partial charge in [0, 0.05) is 122 Å². The number of aromatic amines is 1. The van der Waals surface area contributed by atoms with Gasteiger partial charge in [-0.05, 0) is 98.8 Å². The van der Waals surface area contributed by atoms with Crippen molar-refractivity contribution in [2.45, 2.75) is 132 Å². The van der Waals surface area contributed by atoms with E-state index in [0.29, 0.717) is 122 Å². The van der Waals surface area contributed by atoms with Crippen LogP contribution in [0.25, 0.3) is 137 Å². The Hall–Kier alpha value is -9.78. The molecule has 61 heteroatoms. The van der Waals surface area contributed by atoms with E-state index in [0.717, 1.165) is 127 Å². The molecule has 0 aliphatic rings. The Morgan fingerprint density at radius 3 is 1.07 bits per heavy atom. The summed E-state index contributed by atoms with van der Waals surface area (Å²) in [6, 6.07) is 3.67. The topological polar surface area (TPSA) is 559 Å². The summed E-state index contributed by atoms with van der Waals surface area (Å²) in [6.45, 7) is 22.3. The summed E-state index contributed by atoms with van der Waals surface area (Å²) in [5.74, 6) is 6.93. The average molecular weight is 2350 g/mol. The molecule has 0 aliphatic heterocycles. The largest absolute Gasteiger partial charge is 1.00 e. The van der Waals surface area contributed by atoms with E-state index in [2.05, 4.69) is 109 Å². The van der Waals surface area contributed by atoms with Gasteiger partial charge < -0.3 is 68.9 Å². The second-order valence-corrected chi connectivity index (χ2v) is 47.8. The van der Waals surface area contributed by atoms with E-state index < -0.39 is 26.6 Å². The first-order valence-electron chi connectivity index (χ1n) is 44.3. The fourth-order valence-corrected chi connectivity index (χ4v) is 27.5. The molecule has 0 fully saturated rings. The number of fused-ring (bicyclic) bond motifs is 18. The van der Waals surface area contributed by atoms with Gasteiger partial charge in [-0.1, -0.05) is 79.1 Å². The molecule has 794 valence electrons. The number of rotatable bonds is 18. The minimum atomic E-state index is -3.35. The number of thioether (sulfide) groups is 5. The van der Waals surface area contributed by atoms with E-state index in [4.69, 9.17) is 14.2 Å². The van der Waals surface area contributed by atoms with Gasteiger partial charge in [0.15, 0.2) is 77.5 Å². The Labute approximate surface area is 934 Å². The Kier molecular flexibility index (Phi) is 44.6. The molecule has 0 aromatic carbocycles. The Morgan fingerprint density at radius 1 is 0.430 bits per heavy atom. The van der Waals surface area contributed by atoms with Crippen LogP contribution in [0.1, 0.15) is 116 Å². The van der Waals surface area contributed by atoms with Crippen molar-refractivity contribution in [2.75, 3.05) is 69.9 Å². The van der Waals surface area contributed by atoms with Crippen molar-refractivity contribution in [1.82, 2.24) is 126 Å². The zero-order chi connectivity index (χ0) is 108. The van der Waals surface area contributed by atoms with Crippen molar-refractivity contribution < 1.29 is 81.0 Å². The van der Waals surface area contributed by atoms with E-state index >= 15 is 0 Å². The first kappa shape index (κ1) is 123. The third-order valence-corrected chi connectivity index (χ3v) is 37.8. The average Bonchev–Trinajstić information content (AvgIpc) is 1.60. The third kappa shape index (κ3) is 25.2. The summed E-state index contributed by atoms with van der Waals surface area (Å²) in [4.78, 5) is 142. The van der Waals surface area contributed by atoms with Crippen LogP contribution in [0.15, 0.2) is 97.5 Å². The molecular formula is C88H109N28NaO16S16. The second-order valence-electron chi connectivity index (χ2n) is 30.5. The molecule has 0 radical (unpaired) electrons. The number of carbonyl (C=O) groups is 4. The summed E-state index contributed by atoms with van der Waals surface area (Å²) in [6.07, 6.45) is 24.6. The smallest absolute Gasteiger partial charge is 0.796 e. The quantitative estimate of drug-likeness (QED) is 0.0105. The van der Waals surface area contributed by atoms with E-state index in [1.807, 2.05) is 127 Å². The third-order valence-electron chi connectivity index (χ3n) is 21.5. The normalized spacial score (nSPS) is 11.3. The van der Waals surface area contributed by atoms with Crippen LogP contribution in [0.4, 0.5) is 0 Å². The predicted molar refractivity (Wildman–Crippen MR) is 609 cm³/mol. The van der Waals surface area contributed by atoms with Crippen LogP contribution >= 0.6 is 150 Å². The van der Waals surface area contributed by atoms with Crippen LogP contribution in [0.2, 0.25) is 0 Å². The van der Waals surface area contributed by atoms with Crippen molar-refractivity contribution in [2.24, 2.45) is 68.1 Å². The van der Waals surface area contributed by atoms with Gasteiger partial charge in [-0.3, -0.25) is 44.7 Å². The standard InChI is InChI=1S/C11H12N4O3S2.C11H12N4O2S2.2C11H12N4OS2.C11H12N2O3S2.C10H12N2O2S2.C10H12N2O2S.C9H8N4OS2.C3H8.CH4S.H4N2.Na.H2O/c1-4-15-10(16)7-6(5-12-15)8-9(14(7)2)13-11(19-8)20(3,17)18;1-4-15-10(16)7-6(5-12-15)8-9(14(7)2)13-11(18-8)19(3)17;2*1-4-15-10(16)7-6(5-12-15)8-9(14(7)2)13-11(17-3)18-8;1-4-16-10(15)7-6(5-14)8-9(13(7)2)12-11(17-3)18-8;1-4-14-9(13)6-5-7-8(12(6)2)11-10(15-3)16-7;1-4-14-10(13)7-5-8-9(12(7)3)11-6(2)15-8;1-13-5-4(3-10-12-8(5)14)6-7(13)11-9(15-2)16-6;1-3-2;2*1-2;;/h5H,4H2,1-3H3;5H,4H2,1-3H3;3*5H,4H2,1-3H3;5H,4H2,1-3H3;5H,4H2,1-3H3;3H,1-2H3,(H,12,14);3H2,1-2H3;2H,1H3;1-2H2;;1H2/q;;;;;;;;;;;+1;/p-1. The van der Waals surface area contributed by atoms with Crippen molar-refractivity contribution in [1.29, 1.82) is 0 Å². The van der Waals surface area contributed by atoms with Crippen molar-refractivity contribution in [3.8, 4) is 0 Å². The van der Waals surface area contributed by atoms with Crippen LogP contribution in [0.3, 0.4) is 0 Å². The number of nitrogens with one attached hydrogen (secondary N) is 1. The van der Waals surface area contributed by atoms with Crippen LogP contribution in [-0.2, 0) is 130 Å². The van der Waals surface area contributed by atoms with Crippen LogP contribution in [-0.4, -0.2) is 238 Å².